The van der Waals surface area contributed by atoms with Crippen molar-refractivity contribution in [3.63, 3.8) is 0 Å². The molecule has 11 rings (SSSR count). The molecule has 3 heterocycles. The van der Waals surface area contributed by atoms with Crippen molar-refractivity contribution in [1.29, 1.82) is 0 Å². The first kappa shape index (κ1) is 30.7. The Balaban J connectivity index is 1.08. The van der Waals surface area contributed by atoms with E-state index in [9.17, 15) is 0 Å². The van der Waals surface area contributed by atoms with Gasteiger partial charge in [-0.3, -0.25) is 0 Å². The molecule has 8 aromatic carbocycles. The van der Waals surface area contributed by atoms with E-state index in [1.54, 1.807) is 11.3 Å². The lowest BCUT2D eigenvalue weighted by atomic mass is 10.0. The topological polar surface area (TPSA) is 43.6 Å². The van der Waals surface area contributed by atoms with Gasteiger partial charge >= 0.3 is 0 Å². The van der Waals surface area contributed by atoms with Crippen LogP contribution in [0.15, 0.2) is 182 Å². The summed E-state index contributed by atoms with van der Waals surface area (Å²) in [5, 5.41) is 7.50. The Hall–Kier alpha value is -6.95. The number of fused-ring (bicyclic) bond motifs is 8. The van der Waals surface area contributed by atoms with E-state index in [1.807, 2.05) is 60.7 Å². The van der Waals surface area contributed by atoms with Gasteiger partial charge < -0.3 is 4.57 Å². The molecular weight excluding hydrogens is 677 g/mol. The van der Waals surface area contributed by atoms with E-state index in [4.69, 9.17) is 15.0 Å². The Labute approximate surface area is 315 Å². The van der Waals surface area contributed by atoms with Gasteiger partial charge in [-0.1, -0.05) is 140 Å². The molecule has 11 aromatic rings. The van der Waals surface area contributed by atoms with Gasteiger partial charge in [0.1, 0.15) is 0 Å². The molecule has 0 atom stereocenters. The summed E-state index contributed by atoms with van der Waals surface area (Å²) in [6.45, 7) is 0. The minimum absolute atomic E-state index is 0.662. The first-order valence-electron chi connectivity index (χ1n) is 18.1. The van der Waals surface area contributed by atoms with Crippen LogP contribution < -0.4 is 0 Å². The molecule has 0 aliphatic carbocycles. The zero-order chi connectivity index (χ0) is 35.6. The van der Waals surface area contributed by atoms with Crippen LogP contribution in [0.25, 0.3) is 104 Å². The van der Waals surface area contributed by atoms with E-state index < -0.39 is 0 Å². The first-order valence-corrected chi connectivity index (χ1v) is 18.9. The lowest BCUT2D eigenvalue weighted by molar-refractivity contribution is 1.07. The van der Waals surface area contributed by atoms with Gasteiger partial charge in [0.2, 0.25) is 0 Å². The van der Waals surface area contributed by atoms with E-state index in [0.29, 0.717) is 17.5 Å². The molecule has 0 spiro atoms. The minimum atomic E-state index is 0.662. The van der Waals surface area contributed by atoms with Gasteiger partial charge in [-0.05, 0) is 64.4 Å². The molecule has 0 saturated heterocycles. The van der Waals surface area contributed by atoms with Gasteiger partial charge in [-0.2, -0.15) is 0 Å². The summed E-state index contributed by atoms with van der Waals surface area (Å²) < 4.78 is 4.88. The van der Waals surface area contributed by atoms with Gasteiger partial charge in [-0.25, -0.2) is 15.0 Å². The number of nitrogens with zero attached hydrogens (tertiary/aromatic N) is 4. The molecule has 0 aliphatic rings. The summed E-state index contributed by atoms with van der Waals surface area (Å²) in [6.07, 6.45) is 0. The van der Waals surface area contributed by atoms with Gasteiger partial charge in [-0.15, -0.1) is 11.3 Å². The van der Waals surface area contributed by atoms with Crippen molar-refractivity contribution in [2.75, 3.05) is 0 Å². The summed E-state index contributed by atoms with van der Waals surface area (Å²) in [5.74, 6) is 1.99. The molecule has 0 aliphatic heterocycles. The number of rotatable bonds is 5. The van der Waals surface area contributed by atoms with Crippen LogP contribution in [-0.4, -0.2) is 19.5 Å². The van der Waals surface area contributed by atoms with Crippen molar-refractivity contribution in [1.82, 2.24) is 19.5 Å². The molecule has 5 heteroatoms. The second-order valence-corrected chi connectivity index (χ2v) is 14.7. The SMILES string of the molecule is c1ccc(-c2ccc3c(c2)c2c4ccccc4ccc2n3-c2ccc3sc4cc(-c5nc(-c6ccccc6)nc(-c6ccccc6)n5)ccc4c3c2)cc1. The van der Waals surface area contributed by atoms with E-state index >= 15 is 0 Å². The molecule has 0 saturated carbocycles. The molecule has 0 unspecified atom stereocenters. The van der Waals surface area contributed by atoms with Crippen LogP contribution in [0.2, 0.25) is 0 Å². The van der Waals surface area contributed by atoms with Gasteiger partial charge in [0, 0.05) is 53.3 Å². The monoisotopic (exact) mass is 706 g/mol. The molecule has 0 amide bonds. The highest BCUT2D eigenvalue weighted by atomic mass is 32.1. The third-order valence-corrected chi connectivity index (χ3v) is 11.6. The molecule has 252 valence electrons. The lowest BCUT2D eigenvalue weighted by Crippen LogP contribution is -1.99. The quantitative estimate of drug-likeness (QED) is 0.179. The fourth-order valence-corrected chi connectivity index (χ4v) is 8.99. The average molecular weight is 707 g/mol. The Morgan fingerprint density at radius 1 is 0.352 bits per heavy atom. The number of thiophene rings is 1. The molecular formula is C49H30N4S. The largest absolute Gasteiger partial charge is 0.309 e. The minimum Gasteiger partial charge on any atom is -0.309 e. The maximum atomic E-state index is 4.99. The van der Waals surface area contributed by atoms with E-state index in [2.05, 4.69) is 126 Å². The standard InChI is InChI=1S/C49H30N4S/c1-4-12-31(13-5-1)35-22-25-42-41(28-35)46-38-19-11-10-14-32(38)21-26-43(46)53(42)37-23-27-44-40(30-37)39-24-20-36(29-45(39)54-44)49-51-47(33-15-6-2-7-16-33)50-48(52-49)34-17-8-3-9-18-34/h1-30H. The summed E-state index contributed by atoms with van der Waals surface area (Å²) in [5.41, 5.74) is 8.87. The van der Waals surface area contributed by atoms with E-state index in [-0.39, 0.29) is 0 Å². The number of aromatic nitrogens is 4. The van der Waals surface area contributed by atoms with Crippen LogP contribution in [-0.2, 0) is 0 Å². The summed E-state index contributed by atoms with van der Waals surface area (Å²) in [6, 6.07) is 64.6. The van der Waals surface area contributed by atoms with Crippen LogP contribution in [0.3, 0.4) is 0 Å². The summed E-state index contributed by atoms with van der Waals surface area (Å²) in [4.78, 5) is 14.9. The molecule has 0 bridgehead atoms. The zero-order valence-corrected chi connectivity index (χ0v) is 29.8. The first-order chi connectivity index (χ1) is 26.7. The Morgan fingerprint density at radius 2 is 0.963 bits per heavy atom. The third-order valence-electron chi connectivity index (χ3n) is 10.4. The van der Waals surface area contributed by atoms with Crippen LogP contribution in [0, 0.1) is 0 Å². The molecule has 0 N–H and O–H groups in total. The number of hydrogen-bond donors (Lipinski definition) is 0. The van der Waals surface area contributed by atoms with Crippen LogP contribution in [0.4, 0.5) is 0 Å². The normalized spacial score (nSPS) is 11.7. The molecule has 4 nitrogen and oxygen atoms in total. The second-order valence-electron chi connectivity index (χ2n) is 13.6. The number of benzene rings is 8. The van der Waals surface area contributed by atoms with Crippen LogP contribution >= 0.6 is 11.3 Å². The van der Waals surface area contributed by atoms with Crippen molar-refractivity contribution >= 4 is 64.1 Å². The third kappa shape index (κ3) is 5.01. The van der Waals surface area contributed by atoms with Crippen molar-refractivity contribution in [3.8, 4) is 51.0 Å². The van der Waals surface area contributed by atoms with E-state index in [1.165, 1.54) is 63.9 Å². The molecule has 0 radical (unpaired) electrons. The lowest BCUT2D eigenvalue weighted by Gasteiger charge is -2.09. The highest BCUT2D eigenvalue weighted by molar-refractivity contribution is 7.25. The number of hydrogen-bond acceptors (Lipinski definition) is 4. The fourth-order valence-electron chi connectivity index (χ4n) is 7.86. The predicted octanol–water partition coefficient (Wildman–Crippen LogP) is 13.2. The van der Waals surface area contributed by atoms with Crippen molar-refractivity contribution in [2.24, 2.45) is 0 Å². The maximum Gasteiger partial charge on any atom is 0.164 e. The van der Waals surface area contributed by atoms with E-state index in [0.717, 1.165) is 22.4 Å². The highest BCUT2D eigenvalue weighted by Crippen LogP contribution is 2.42. The Kier molecular flexibility index (Phi) is 7.00. The predicted molar refractivity (Wildman–Crippen MR) is 226 cm³/mol. The van der Waals surface area contributed by atoms with Gasteiger partial charge in [0.15, 0.2) is 17.5 Å². The van der Waals surface area contributed by atoms with Crippen LogP contribution in [0.1, 0.15) is 0 Å². The van der Waals surface area contributed by atoms with Crippen molar-refractivity contribution < 1.29 is 0 Å². The van der Waals surface area contributed by atoms with Crippen molar-refractivity contribution in [3.05, 3.63) is 182 Å². The molecule has 3 aromatic heterocycles. The zero-order valence-electron chi connectivity index (χ0n) is 29.0. The smallest absolute Gasteiger partial charge is 0.164 e. The highest BCUT2D eigenvalue weighted by Gasteiger charge is 2.18. The molecule has 54 heavy (non-hydrogen) atoms. The van der Waals surface area contributed by atoms with Crippen LogP contribution in [0.5, 0.6) is 0 Å². The Morgan fingerprint density at radius 3 is 1.69 bits per heavy atom. The van der Waals surface area contributed by atoms with Gasteiger partial charge in [0.05, 0.1) is 11.0 Å². The Bertz CT molecular complexity index is 3140. The average Bonchev–Trinajstić information content (AvgIpc) is 3.79. The van der Waals surface area contributed by atoms with Gasteiger partial charge in [0.25, 0.3) is 0 Å². The fraction of sp³-hybridized carbons (Fsp3) is 0. The summed E-state index contributed by atoms with van der Waals surface area (Å²) >= 11 is 1.81. The van der Waals surface area contributed by atoms with Crippen molar-refractivity contribution in [2.45, 2.75) is 0 Å². The maximum absolute atomic E-state index is 4.99. The summed E-state index contributed by atoms with van der Waals surface area (Å²) in [7, 11) is 0. The molecule has 0 fully saturated rings. The second kappa shape index (κ2) is 12.3.